The molecule has 2 aromatic heterocycles. The molecule has 3 nitrogen and oxygen atoms in total. The van der Waals surface area contributed by atoms with Crippen LogP contribution < -0.4 is 5.32 Å². The minimum atomic E-state index is 0.464. The van der Waals surface area contributed by atoms with E-state index in [4.69, 9.17) is 0 Å². The molecular formula is C12H15N3S. The van der Waals surface area contributed by atoms with E-state index < -0.39 is 0 Å². The minimum Gasteiger partial charge on any atom is -0.309 e. The lowest BCUT2D eigenvalue weighted by atomic mass is 9.87. The van der Waals surface area contributed by atoms with Crippen molar-refractivity contribution in [2.24, 2.45) is 7.05 Å². The van der Waals surface area contributed by atoms with Gasteiger partial charge in [-0.25, -0.2) is 0 Å². The summed E-state index contributed by atoms with van der Waals surface area (Å²) in [6.07, 6.45) is 4.09. The summed E-state index contributed by atoms with van der Waals surface area (Å²) in [6.45, 7) is 3.24. The van der Waals surface area contributed by atoms with Crippen LogP contribution in [0.2, 0.25) is 0 Å². The molecule has 0 aliphatic carbocycles. The van der Waals surface area contributed by atoms with Crippen molar-refractivity contribution in [2.45, 2.75) is 18.9 Å². The van der Waals surface area contributed by atoms with E-state index in [2.05, 4.69) is 34.3 Å². The molecular weight excluding hydrogens is 218 g/mol. The Morgan fingerprint density at radius 1 is 1.44 bits per heavy atom. The van der Waals surface area contributed by atoms with Crippen LogP contribution in [0.25, 0.3) is 0 Å². The average molecular weight is 233 g/mol. The highest BCUT2D eigenvalue weighted by atomic mass is 32.1. The topological polar surface area (TPSA) is 29.9 Å². The minimum absolute atomic E-state index is 0.464. The third-order valence-corrected chi connectivity index (χ3v) is 4.10. The van der Waals surface area contributed by atoms with Crippen LogP contribution in [0.4, 0.5) is 0 Å². The standard InChI is InChI=1S/C12H15N3S/c1-8-11-6-16-7-12(11)10(4-13-8)9-3-14-15(2)5-9/h3,5-8,10,13H,4H2,1-2H3. The molecule has 0 bridgehead atoms. The van der Waals surface area contributed by atoms with E-state index in [1.54, 1.807) is 11.3 Å². The van der Waals surface area contributed by atoms with Gasteiger partial charge < -0.3 is 5.32 Å². The molecule has 4 heteroatoms. The fourth-order valence-corrected chi connectivity index (χ4v) is 3.39. The van der Waals surface area contributed by atoms with Crippen molar-refractivity contribution < 1.29 is 0 Å². The number of nitrogens with zero attached hydrogens (tertiary/aromatic N) is 2. The maximum absolute atomic E-state index is 4.26. The first-order valence-electron chi connectivity index (χ1n) is 5.53. The Morgan fingerprint density at radius 3 is 3.00 bits per heavy atom. The highest BCUT2D eigenvalue weighted by Crippen LogP contribution is 2.36. The third-order valence-electron chi connectivity index (χ3n) is 3.32. The summed E-state index contributed by atoms with van der Waals surface area (Å²) < 4.78 is 1.87. The molecule has 1 aliphatic heterocycles. The molecule has 0 spiro atoms. The highest BCUT2D eigenvalue weighted by molar-refractivity contribution is 7.08. The fraction of sp³-hybridized carbons (Fsp3) is 0.417. The lowest BCUT2D eigenvalue weighted by molar-refractivity contribution is 0.511. The first-order chi connectivity index (χ1) is 7.75. The van der Waals surface area contributed by atoms with Gasteiger partial charge in [-0.2, -0.15) is 16.4 Å². The van der Waals surface area contributed by atoms with E-state index in [-0.39, 0.29) is 0 Å². The Labute approximate surface area is 99.1 Å². The van der Waals surface area contributed by atoms with Gasteiger partial charge >= 0.3 is 0 Å². The van der Waals surface area contributed by atoms with Gasteiger partial charge in [0.25, 0.3) is 0 Å². The number of rotatable bonds is 1. The second-order valence-corrected chi connectivity index (χ2v) is 5.16. The lowest BCUT2D eigenvalue weighted by Crippen LogP contribution is -2.30. The highest BCUT2D eigenvalue weighted by Gasteiger charge is 2.26. The zero-order valence-corrected chi connectivity index (χ0v) is 10.3. The largest absolute Gasteiger partial charge is 0.309 e. The molecule has 3 rings (SSSR count). The van der Waals surface area contributed by atoms with E-state index >= 15 is 0 Å². The summed E-state index contributed by atoms with van der Waals surface area (Å²) in [5.74, 6) is 0.464. The summed E-state index contributed by atoms with van der Waals surface area (Å²) in [7, 11) is 1.97. The van der Waals surface area contributed by atoms with Gasteiger partial charge in [0, 0.05) is 31.7 Å². The smallest absolute Gasteiger partial charge is 0.0528 e. The van der Waals surface area contributed by atoms with Crippen LogP contribution in [0.15, 0.2) is 23.2 Å². The predicted molar refractivity (Wildman–Crippen MR) is 65.8 cm³/mol. The summed E-state index contributed by atoms with van der Waals surface area (Å²) in [5, 5.41) is 12.4. The number of hydrogen-bond acceptors (Lipinski definition) is 3. The monoisotopic (exact) mass is 233 g/mol. The molecule has 0 saturated heterocycles. The molecule has 0 aromatic carbocycles. The van der Waals surface area contributed by atoms with Crippen molar-refractivity contribution in [2.75, 3.05) is 6.54 Å². The van der Waals surface area contributed by atoms with Gasteiger partial charge in [-0.3, -0.25) is 4.68 Å². The normalized spacial score (nSPS) is 24.4. The van der Waals surface area contributed by atoms with Gasteiger partial charge in [-0.1, -0.05) is 0 Å². The maximum Gasteiger partial charge on any atom is 0.0528 e. The first-order valence-corrected chi connectivity index (χ1v) is 6.48. The molecule has 84 valence electrons. The lowest BCUT2D eigenvalue weighted by Gasteiger charge is -2.27. The average Bonchev–Trinajstić information content (AvgIpc) is 2.87. The number of thiophene rings is 1. The quantitative estimate of drug-likeness (QED) is 0.819. The summed E-state index contributed by atoms with van der Waals surface area (Å²) in [5.41, 5.74) is 4.23. The molecule has 16 heavy (non-hydrogen) atoms. The van der Waals surface area contributed by atoms with E-state index in [1.807, 2.05) is 17.9 Å². The van der Waals surface area contributed by atoms with Crippen LogP contribution in [0.1, 0.15) is 35.6 Å². The van der Waals surface area contributed by atoms with Gasteiger partial charge in [0.1, 0.15) is 0 Å². The zero-order chi connectivity index (χ0) is 11.1. The van der Waals surface area contributed by atoms with Crippen LogP contribution in [0, 0.1) is 0 Å². The number of fused-ring (bicyclic) bond motifs is 1. The van der Waals surface area contributed by atoms with Gasteiger partial charge in [0.05, 0.1) is 6.20 Å². The molecule has 3 heterocycles. The van der Waals surface area contributed by atoms with Gasteiger partial charge in [-0.15, -0.1) is 0 Å². The van der Waals surface area contributed by atoms with Crippen LogP contribution in [-0.2, 0) is 7.05 Å². The van der Waals surface area contributed by atoms with Crippen molar-refractivity contribution in [1.82, 2.24) is 15.1 Å². The Bertz CT molecular complexity index is 500. The van der Waals surface area contributed by atoms with Crippen molar-refractivity contribution in [3.8, 4) is 0 Å². The molecule has 2 atom stereocenters. The van der Waals surface area contributed by atoms with Crippen molar-refractivity contribution >= 4 is 11.3 Å². The number of aryl methyl sites for hydroxylation is 1. The molecule has 1 aliphatic rings. The number of hydrogen-bond donors (Lipinski definition) is 1. The Hall–Kier alpha value is -1.13. The van der Waals surface area contributed by atoms with Crippen molar-refractivity contribution in [3.63, 3.8) is 0 Å². The second kappa shape index (κ2) is 3.71. The van der Waals surface area contributed by atoms with Crippen molar-refractivity contribution in [1.29, 1.82) is 0 Å². The molecule has 0 radical (unpaired) electrons. The van der Waals surface area contributed by atoms with Gasteiger partial charge in [0.2, 0.25) is 0 Å². The summed E-state index contributed by atoms with van der Waals surface area (Å²) in [4.78, 5) is 0. The number of aromatic nitrogens is 2. The van der Waals surface area contributed by atoms with Gasteiger partial charge in [0.15, 0.2) is 0 Å². The molecule has 1 N–H and O–H groups in total. The Balaban J connectivity index is 2.03. The molecule has 0 amide bonds. The summed E-state index contributed by atoms with van der Waals surface area (Å²) >= 11 is 1.80. The fourth-order valence-electron chi connectivity index (χ4n) is 2.38. The molecule has 0 fully saturated rings. The van der Waals surface area contributed by atoms with Crippen LogP contribution in [0.5, 0.6) is 0 Å². The van der Waals surface area contributed by atoms with Crippen LogP contribution in [0.3, 0.4) is 0 Å². The molecule has 0 saturated carbocycles. The van der Waals surface area contributed by atoms with Crippen LogP contribution >= 0.6 is 11.3 Å². The van der Waals surface area contributed by atoms with E-state index in [0.717, 1.165) is 6.54 Å². The zero-order valence-electron chi connectivity index (χ0n) is 9.47. The SMILES string of the molecule is CC1NCC(c2cnn(C)c2)c2cscc21. The predicted octanol–water partition coefficient (Wildman–Crippen LogP) is 2.28. The molecule has 2 unspecified atom stereocenters. The van der Waals surface area contributed by atoms with Crippen LogP contribution in [-0.4, -0.2) is 16.3 Å². The van der Waals surface area contributed by atoms with E-state index in [0.29, 0.717) is 12.0 Å². The van der Waals surface area contributed by atoms with Crippen molar-refractivity contribution in [3.05, 3.63) is 39.8 Å². The third kappa shape index (κ3) is 1.49. The summed E-state index contributed by atoms with van der Waals surface area (Å²) in [6, 6.07) is 0.481. The Morgan fingerprint density at radius 2 is 2.25 bits per heavy atom. The second-order valence-electron chi connectivity index (χ2n) is 4.41. The van der Waals surface area contributed by atoms with E-state index in [9.17, 15) is 0 Å². The molecule has 2 aromatic rings. The Kier molecular flexibility index (Phi) is 2.33. The first kappa shape index (κ1) is 10.1. The van der Waals surface area contributed by atoms with Gasteiger partial charge in [-0.05, 0) is 34.4 Å². The van der Waals surface area contributed by atoms with E-state index in [1.165, 1.54) is 16.7 Å². The number of nitrogens with one attached hydrogen (secondary N) is 1. The maximum atomic E-state index is 4.26.